The Kier molecular flexibility index (Phi) is 7.61. The fourth-order valence-electron chi connectivity index (χ4n) is 1.82. The summed E-state index contributed by atoms with van der Waals surface area (Å²) < 4.78 is 30.5. The second-order valence-corrected chi connectivity index (χ2v) is 7.40. The monoisotopic (exact) mass is 378 g/mol. The first kappa shape index (κ1) is 20.4. The van der Waals surface area contributed by atoms with E-state index in [-0.39, 0.29) is 18.0 Å². The van der Waals surface area contributed by atoms with Gasteiger partial charge in [0.25, 0.3) is 0 Å². The van der Waals surface area contributed by atoms with Gasteiger partial charge in [-0.05, 0) is 24.3 Å². The van der Waals surface area contributed by atoms with Crippen molar-refractivity contribution in [3.8, 4) is 0 Å². The van der Waals surface area contributed by atoms with Crippen molar-refractivity contribution in [1.29, 1.82) is 0 Å². The van der Waals surface area contributed by atoms with Gasteiger partial charge in [0.05, 0.1) is 18.0 Å². The molecule has 0 atom stereocenters. The first-order valence-electron chi connectivity index (χ1n) is 6.89. The average molecular weight is 379 g/mol. The number of aliphatic carboxylic acids is 1. The Morgan fingerprint density at radius 1 is 1.21 bits per heavy atom. The molecule has 0 saturated heterocycles. The summed E-state index contributed by atoms with van der Waals surface area (Å²) in [6.07, 6.45) is 0. The number of carbonyl (C=O) groups excluding carboxylic acids is 1. The third-order valence-electron chi connectivity index (χ3n) is 3.12. The van der Waals surface area contributed by atoms with Gasteiger partial charge >= 0.3 is 5.97 Å². The van der Waals surface area contributed by atoms with Crippen LogP contribution in [0.4, 0.5) is 0 Å². The van der Waals surface area contributed by atoms with Crippen LogP contribution >= 0.6 is 11.6 Å². The molecule has 0 unspecified atom stereocenters. The van der Waals surface area contributed by atoms with Crippen LogP contribution in [0.2, 0.25) is 5.02 Å². The summed E-state index contributed by atoms with van der Waals surface area (Å²) in [6, 6.07) is 5.52. The minimum Gasteiger partial charge on any atom is -0.480 e. The molecule has 1 aromatic carbocycles. The van der Waals surface area contributed by atoms with Crippen molar-refractivity contribution in [2.24, 2.45) is 0 Å². The number of hydrogen-bond donors (Lipinski definition) is 1. The summed E-state index contributed by atoms with van der Waals surface area (Å²) in [5, 5.41) is 9.24. The van der Waals surface area contributed by atoms with Crippen molar-refractivity contribution < 1.29 is 27.9 Å². The molecule has 0 aliphatic rings. The van der Waals surface area contributed by atoms with Crippen LogP contribution in [0.15, 0.2) is 29.2 Å². The fraction of sp³-hybridized carbons (Fsp3) is 0.429. The molecule has 0 radical (unpaired) electrons. The van der Waals surface area contributed by atoms with E-state index in [1.54, 1.807) is 0 Å². The highest BCUT2D eigenvalue weighted by Crippen LogP contribution is 2.17. The van der Waals surface area contributed by atoms with E-state index in [4.69, 9.17) is 21.4 Å². The van der Waals surface area contributed by atoms with Crippen molar-refractivity contribution >= 4 is 33.5 Å². The number of sulfonamides is 1. The molecule has 134 valence electrons. The van der Waals surface area contributed by atoms with Gasteiger partial charge in [0.15, 0.2) is 0 Å². The van der Waals surface area contributed by atoms with Crippen molar-refractivity contribution in [1.82, 2.24) is 9.21 Å². The number of benzene rings is 1. The van der Waals surface area contributed by atoms with Crippen LogP contribution in [0, 0.1) is 0 Å². The minimum atomic E-state index is -3.88. The zero-order valence-electron chi connectivity index (χ0n) is 13.3. The quantitative estimate of drug-likeness (QED) is 0.671. The molecule has 0 bridgehead atoms. The van der Waals surface area contributed by atoms with E-state index in [1.807, 2.05) is 0 Å². The molecule has 10 heteroatoms. The topological polar surface area (TPSA) is 104 Å². The Morgan fingerprint density at radius 2 is 1.79 bits per heavy atom. The second kappa shape index (κ2) is 8.97. The van der Waals surface area contributed by atoms with Gasteiger partial charge in [-0.15, -0.1) is 0 Å². The first-order chi connectivity index (χ1) is 11.2. The van der Waals surface area contributed by atoms with Crippen LogP contribution < -0.4 is 0 Å². The molecule has 0 aliphatic heterocycles. The van der Waals surface area contributed by atoms with Crippen LogP contribution in [0.25, 0.3) is 0 Å². The highest BCUT2D eigenvalue weighted by Gasteiger charge is 2.26. The molecule has 0 saturated carbocycles. The molecule has 1 aromatic rings. The Labute approximate surface area is 145 Å². The fourth-order valence-corrected chi connectivity index (χ4v) is 3.06. The molecule has 0 heterocycles. The van der Waals surface area contributed by atoms with E-state index in [0.29, 0.717) is 5.02 Å². The number of ether oxygens (including phenoxy) is 1. The van der Waals surface area contributed by atoms with E-state index in [9.17, 15) is 18.0 Å². The summed E-state index contributed by atoms with van der Waals surface area (Å²) in [5.41, 5.74) is 0. The lowest BCUT2D eigenvalue weighted by molar-refractivity contribution is -0.144. The number of halogens is 1. The Hall–Kier alpha value is -1.68. The van der Waals surface area contributed by atoms with E-state index in [1.165, 1.54) is 38.4 Å². The number of nitrogens with zero attached hydrogens (tertiary/aromatic N) is 2. The number of carbonyl (C=O) groups is 2. The molecular formula is C14H19ClN2O6S. The van der Waals surface area contributed by atoms with Gasteiger partial charge < -0.3 is 14.7 Å². The molecule has 0 spiro atoms. The van der Waals surface area contributed by atoms with Gasteiger partial charge in [0.1, 0.15) is 6.54 Å². The first-order valence-corrected chi connectivity index (χ1v) is 8.70. The molecule has 0 fully saturated rings. The second-order valence-electron chi connectivity index (χ2n) is 4.92. The molecule has 1 amide bonds. The number of hydrogen-bond acceptors (Lipinski definition) is 5. The molecule has 8 nitrogen and oxygen atoms in total. The number of rotatable bonds is 9. The Bertz CT molecular complexity index is 677. The summed E-state index contributed by atoms with van der Waals surface area (Å²) in [4.78, 5) is 24.1. The smallest absolute Gasteiger partial charge is 0.323 e. The van der Waals surface area contributed by atoms with Crippen molar-refractivity contribution in [2.45, 2.75) is 4.90 Å². The van der Waals surface area contributed by atoms with Gasteiger partial charge in [0.2, 0.25) is 15.9 Å². The SMILES string of the molecule is COCCN(CC(=O)O)C(=O)CN(C)S(=O)(=O)c1ccc(Cl)cc1. The van der Waals surface area contributed by atoms with Gasteiger partial charge in [0, 0.05) is 25.7 Å². The highest BCUT2D eigenvalue weighted by molar-refractivity contribution is 7.89. The van der Waals surface area contributed by atoms with Gasteiger partial charge in [-0.3, -0.25) is 9.59 Å². The Balaban J connectivity index is 2.85. The van der Waals surface area contributed by atoms with Crippen LogP contribution in [0.5, 0.6) is 0 Å². The summed E-state index contributed by atoms with van der Waals surface area (Å²) >= 11 is 5.73. The number of carboxylic acids is 1. The minimum absolute atomic E-state index is 0.0103. The maximum Gasteiger partial charge on any atom is 0.323 e. The highest BCUT2D eigenvalue weighted by atomic mass is 35.5. The normalized spacial score (nSPS) is 11.5. The number of likely N-dealkylation sites (N-methyl/N-ethyl adjacent to an activating group) is 1. The lowest BCUT2D eigenvalue weighted by Crippen LogP contribution is -2.44. The van der Waals surface area contributed by atoms with E-state index in [0.717, 1.165) is 9.21 Å². The van der Waals surface area contributed by atoms with Crippen LogP contribution in [-0.2, 0) is 24.3 Å². The number of carboxylic acid groups (broad SMARTS) is 1. The molecule has 0 aliphatic carbocycles. The lowest BCUT2D eigenvalue weighted by atomic mass is 10.4. The standard InChI is InChI=1S/C14H19ClN2O6S/c1-16(24(21,22)12-5-3-11(15)4-6-12)9-13(18)17(7-8-23-2)10-14(19)20/h3-6H,7-10H2,1-2H3,(H,19,20). The zero-order valence-corrected chi connectivity index (χ0v) is 14.9. The molecule has 1 N–H and O–H groups in total. The van der Waals surface area contributed by atoms with Crippen molar-refractivity contribution in [2.75, 3.05) is 40.4 Å². The Morgan fingerprint density at radius 3 is 2.29 bits per heavy atom. The third-order valence-corrected chi connectivity index (χ3v) is 5.19. The van der Waals surface area contributed by atoms with Crippen molar-refractivity contribution in [3.05, 3.63) is 29.3 Å². The van der Waals surface area contributed by atoms with Gasteiger partial charge in [-0.2, -0.15) is 4.31 Å². The zero-order chi connectivity index (χ0) is 18.3. The lowest BCUT2D eigenvalue weighted by Gasteiger charge is -2.23. The van der Waals surface area contributed by atoms with E-state index >= 15 is 0 Å². The van der Waals surface area contributed by atoms with E-state index in [2.05, 4.69) is 0 Å². The van der Waals surface area contributed by atoms with Crippen LogP contribution in [-0.4, -0.2) is 75.0 Å². The summed E-state index contributed by atoms with van der Waals surface area (Å²) in [6.45, 7) is -0.817. The largest absolute Gasteiger partial charge is 0.480 e. The number of methoxy groups -OCH3 is 1. The summed E-state index contributed by atoms with van der Waals surface area (Å²) in [7, 11) is -1.22. The molecule has 1 rings (SSSR count). The molecule has 0 aromatic heterocycles. The number of amides is 1. The van der Waals surface area contributed by atoms with Crippen LogP contribution in [0.3, 0.4) is 0 Å². The molecular weight excluding hydrogens is 360 g/mol. The van der Waals surface area contributed by atoms with Crippen molar-refractivity contribution in [3.63, 3.8) is 0 Å². The predicted octanol–water partition coefficient (Wildman–Crippen LogP) is 0.520. The summed E-state index contributed by atoms with van der Waals surface area (Å²) in [5.74, 6) is -1.82. The van der Waals surface area contributed by atoms with Gasteiger partial charge in [-0.25, -0.2) is 8.42 Å². The van der Waals surface area contributed by atoms with Gasteiger partial charge in [-0.1, -0.05) is 11.6 Å². The predicted molar refractivity (Wildman–Crippen MR) is 87.4 cm³/mol. The van der Waals surface area contributed by atoms with E-state index < -0.39 is 35.0 Å². The average Bonchev–Trinajstić information content (AvgIpc) is 2.51. The molecule has 24 heavy (non-hydrogen) atoms. The maximum atomic E-state index is 12.4. The maximum absolute atomic E-state index is 12.4. The third kappa shape index (κ3) is 5.75. The van der Waals surface area contributed by atoms with Crippen LogP contribution in [0.1, 0.15) is 0 Å².